The topological polar surface area (TPSA) is 73.8 Å². The van der Waals surface area contributed by atoms with Gasteiger partial charge in [0, 0.05) is 12.0 Å². The fourth-order valence-electron chi connectivity index (χ4n) is 7.02. The zero-order valence-corrected chi connectivity index (χ0v) is 20.7. The van der Waals surface area contributed by atoms with Crippen LogP contribution in [0.4, 0.5) is 0 Å². The summed E-state index contributed by atoms with van der Waals surface area (Å²) in [4.78, 5) is 0. The number of benzene rings is 1. The molecule has 7 aliphatic rings. The average Bonchev–Trinajstić information content (AvgIpc) is 3.44. The minimum atomic E-state index is -1.06. The third kappa shape index (κ3) is 3.24. The Morgan fingerprint density at radius 1 is 0.857 bits per heavy atom. The zero-order valence-electron chi connectivity index (χ0n) is 20.7. The third-order valence-electron chi connectivity index (χ3n) is 8.76. The molecule has 7 fully saturated rings. The molecule has 0 N–H and O–H groups in total. The van der Waals surface area contributed by atoms with Crippen molar-refractivity contribution in [3.8, 4) is 5.75 Å². The van der Waals surface area contributed by atoms with Gasteiger partial charge in [0.1, 0.15) is 36.3 Å². The Hall–Kier alpha value is -1.26. The number of rotatable bonds is 7. The molecule has 11 atom stereocenters. The van der Waals surface area contributed by atoms with Crippen LogP contribution in [0.2, 0.25) is 0 Å². The van der Waals surface area contributed by atoms with E-state index in [0.29, 0.717) is 0 Å². The number of methoxy groups -OCH3 is 1. The van der Waals surface area contributed by atoms with Crippen molar-refractivity contribution >= 4 is 0 Å². The highest BCUT2D eigenvalue weighted by atomic mass is 16.9. The van der Waals surface area contributed by atoms with Crippen molar-refractivity contribution in [2.24, 2.45) is 0 Å². The lowest BCUT2D eigenvalue weighted by Crippen LogP contribution is -2.62. The van der Waals surface area contributed by atoms with Crippen LogP contribution in [0.5, 0.6) is 5.75 Å². The highest BCUT2D eigenvalue weighted by Crippen LogP contribution is 2.64. The predicted octanol–water partition coefficient (Wildman–Crippen LogP) is 4.00. The summed E-state index contributed by atoms with van der Waals surface area (Å²) in [7, 11) is 1.66. The molecule has 0 aliphatic carbocycles. The molecule has 8 nitrogen and oxygen atoms in total. The van der Waals surface area contributed by atoms with Crippen molar-refractivity contribution in [2.45, 2.75) is 125 Å². The van der Waals surface area contributed by atoms with E-state index >= 15 is 0 Å². The van der Waals surface area contributed by atoms with Crippen molar-refractivity contribution < 1.29 is 37.9 Å². The van der Waals surface area contributed by atoms with Crippen LogP contribution < -0.4 is 4.74 Å². The number of unbranched alkanes of at least 4 members (excludes halogenated alkanes) is 2. The number of fused-ring (bicyclic) bond motifs is 1. The molecule has 0 radical (unpaired) electrons. The molecule has 1 aromatic rings. The van der Waals surface area contributed by atoms with Crippen LogP contribution in [0.15, 0.2) is 24.3 Å². The van der Waals surface area contributed by atoms with Crippen LogP contribution in [0.25, 0.3) is 0 Å². The minimum absolute atomic E-state index is 0.0170. The summed E-state index contributed by atoms with van der Waals surface area (Å²) < 4.78 is 52.3. The lowest BCUT2D eigenvalue weighted by Gasteiger charge is -2.47. The van der Waals surface area contributed by atoms with Crippen molar-refractivity contribution in [2.75, 3.05) is 7.11 Å². The van der Waals surface area contributed by atoms with Gasteiger partial charge in [-0.3, -0.25) is 0 Å². The lowest BCUT2D eigenvalue weighted by molar-refractivity contribution is -0.328. The van der Waals surface area contributed by atoms with E-state index in [-0.39, 0.29) is 36.6 Å². The molecule has 1 unspecified atom stereocenters. The van der Waals surface area contributed by atoms with Gasteiger partial charge < -0.3 is 37.9 Å². The largest absolute Gasteiger partial charge is 0.497 e. The summed E-state index contributed by atoms with van der Waals surface area (Å²) >= 11 is 0. The molecule has 192 valence electrons. The van der Waals surface area contributed by atoms with Crippen LogP contribution in [0, 0.1) is 0 Å². The van der Waals surface area contributed by atoms with Gasteiger partial charge in [0.15, 0.2) is 12.4 Å². The van der Waals surface area contributed by atoms with E-state index in [1.54, 1.807) is 7.11 Å². The molecule has 7 saturated heterocycles. The summed E-state index contributed by atoms with van der Waals surface area (Å²) in [6.07, 6.45) is 4.54. The van der Waals surface area contributed by atoms with Gasteiger partial charge >= 0.3 is 0 Å². The van der Waals surface area contributed by atoms with Gasteiger partial charge in [0.25, 0.3) is 0 Å². The molecule has 7 aliphatic heterocycles. The fraction of sp³-hybridized carbons (Fsp3) is 0.778. The standard InChI is InChI=1S/C27H36O8/c1-4-6-7-14-26-25-27(35-24(31-25)15-8-10-17(28-3)11-9-15)23(34-26)22-21(33-27)20(32-26)19-18(30-22)13-12-16(5-2)29-19/h8-11,16,18-25H,4-7,12-14H2,1-3H3/t16-,18-,19-,20-,21-,22+,23?,24-,25-,26+,27-/m0/s1. The summed E-state index contributed by atoms with van der Waals surface area (Å²) in [5.74, 6) is -1.22. The Labute approximate surface area is 206 Å². The Bertz CT molecular complexity index is 940. The Kier molecular flexibility index (Phi) is 5.48. The first-order chi connectivity index (χ1) is 17.1. The molecule has 6 bridgehead atoms. The fourth-order valence-corrected chi connectivity index (χ4v) is 7.02. The molecular formula is C27H36O8. The molecule has 8 heteroatoms. The Morgan fingerprint density at radius 2 is 1.69 bits per heavy atom. The molecule has 35 heavy (non-hydrogen) atoms. The van der Waals surface area contributed by atoms with E-state index in [4.69, 9.17) is 37.9 Å². The second-order valence-electron chi connectivity index (χ2n) is 10.8. The highest BCUT2D eigenvalue weighted by molar-refractivity contribution is 5.29. The maximum atomic E-state index is 6.98. The summed E-state index contributed by atoms with van der Waals surface area (Å²) in [5, 5.41) is 0. The number of hydrogen-bond donors (Lipinski definition) is 0. The van der Waals surface area contributed by atoms with E-state index in [2.05, 4.69) is 13.8 Å². The number of hydrogen-bond acceptors (Lipinski definition) is 8. The zero-order chi connectivity index (χ0) is 23.8. The monoisotopic (exact) mass is 488 g/mol. The molecule has 0 amide bonds. The second-order valence-corrected chi connectivity index (χ2v) is 10.8. The Balaban J connectivity index is 1.25. The van der Waals surface area contributed by atoms with Gasteiger partial charge in [-0.25, -0.2) is 0 Å². The Morgan fingerprint density at radius 3 is 2.46 bits per heavy atom. The first-order valence-corrected chi connectivity index (χ1v) is 13.4. The first kappa shape index (κ1) is 22.9. The predicted molar refractivity (Wildman–Crippen MR) is 123 cm³/mol. The maximum Gasteiger partial charge on any atom is 0.233 e. The molecule has 0 aromatic heterocycles. The first-order valence-electron chi connectivity index (χ1n) is 13.4. The molecule has 1 spiro atoms. The lowest BCUT2D eigenvalue weighted by atomic mass is 9.86. The van der Waals surface area contributed by atoms with Crippen molar-refractivity contribution in [3.05, 3.63) is 29.8 Å². The summed E-state index contributed by atoms with van der Waals surface area (Å²) in [6, 6.07) is 7.77. The van der Waals surface area contributed by atoms with E-state index in [1.807, 2.05) is 24.3 Å². The minimum Gasteiger partial charge on any atom is -0.497 e. The van der Waals surface area contributed by atoms with Gasteiger partial charge in [-0.1, -0.05) is 38.8 Å². The second kappa shape index (κ2) is 8.38. The molecule has 7 heterocycles. The van der Waals surface area contributed by atoms with Gasteiger partial charge in [-0.2, -0.15) is 0 Å². The van der Waals surface area contributed by atoms with Gasteiger partial charge in [-0.15, -0.1) is 0 Å². The maximum absolute atomic E-state index is 6.98. The summed E-state index contributed by atoms with van der Waals surface area (Å²) in [5.41, 5.74) is 0.912. The van der Waals surface area contributed by atoms with Gasteiger partial charge in [-0.05, 0) is 37.8 Å². The molecule has 0 saturated carbocycles. The van der Waals surface area contributed by atoms with Gasteiger partial charge in [0.05, 0.1) is 19.3 Å². The quantitative estimate of drug-likeness (QED) is 0.533. The average molecular weight is 489 g/mol. The van der Waals surface area contributed by atoms with Gasteiger partial charge in [0.2, 0.25) is 11.6 Å². The molecular weight excluding hydrogens is 452 g/mol. The van der Waals surface area contributed by atoms with E-state index in [1.165, 1.54) is 0 Å². The van der Waals surface area contributed by atoms with Crippen LogP contribution in [-0.4, -0.2) is 67.5 Å². The van der Waals surface area contributed by atoms with E-state index < -0.39 is 30.1 Å². The van der Waals surface area contributed by atoms with E-state index in [9.17, 15) is 0 Å². The molecule has 8 rings (SSSR count). The van der Waals surface area contributed by atoms with Crippen LogP contribution in [-0.2, 0) is 33.2 Å². The number of ether oxygens (including phenoxy) is 8. The highest BCUT2D eigenvalue weighted by Gasteiger charge is 2.83. The van der Waals surface area contributed by atoms with Crippen molar-refractivity contribution in [1.29, 1.82) is 0 Å². The van der Waals surface area contributed by atoms with E-state index in [0.717, 1.165) is 56.3 Å². The smallest absolute Gasteiger partial charge is 0.233 e. The third-order valence-corrected chi connectivity index (χ3v) is 8.76. The normalized spacial score (nSPS) is 49.1. The summed E-state index contributed by atoms with van der Waals surface area (Å²) in [6.45, 7) is 4.37. The van der Waals surface area contributed by atoms with Crippen molar-refractivity contribution in [3.63, 3.8) is 0 Å². The van der Waals surface area contributed by atoms with Crippen molar-refractivity contribution in [1.82, 2.24) is 0 Å². The molecule has 1 aromatic carbocycles. The van der Waals surface area contributed by atoms with Crippen LogP contribution in [0.3, 0.4) is 0 Å². The van der Waals surface area contributed by atoms with Crippen LogP contribution in [0.1, 0.15) is 70.6 Å². The van der Waals surface area contributed by atoms with Crippen LogP contribution >= 0.6 is 0 Å². The SMILES string of the molecule is CCCCC[C@]12OC3[C@@H]4O[C@H]5CC[C@H](CC)O[C@@H]5[C@H](O1)[C@@H]4O[C@]31O[C@@H](c3ccc(OC)cc3)O[C@@H]21.